The van der Waals surface area contributed by atoms with Crippen molar-refractivity contribution in [2.45, 2.75) is 0 Å². The molecule has 11 heavy (non-hydrogen) atoms. The fourth-order valence-electron chi connectivity index (χ4n) is 0.668. The molecule has 0 heterocycles. The molecule has 0 aliphatic rings. The Balaban J connectivity index is 3.09. The van der Waals surface area contributed by atoms with E-state index in [1.807, 2.05) is 6.07 Å². The first-order chi connectivity index (χ1) is 5.24. The van der Waals surface area contributed by atoms with Crippen LogP contribution in [0, 0.1) is 0 Å². The second-order valence-electron chi connectivity index (χ2n) is 1.91. The molecule has 0 atom stereocenters. The van der Waals surface area contributed by atoms with Gasteiger partial charge < -0.3 is 5.21 Å². The van der Waals surface area contributed by atoms with Crippen molar-refractivity contribution in [3.8, 4) is 0 Å². The summed E-state index contributed by atoms with van der Waals surface area (Å²) in [6, 6.07) is 5.31. The zero-order valence-electron chi connectivity index (χ0n) is 5.46. The van der Waals surface area contributed by atoms with Crippen molar-refractivity contribution in [2.75, 3.05) is 0 Å². The Kier molecular flexibility index (Phi) is 2.91. The number of halogens is 2. The standard InChI is InChI=1S/C7H5BrClNO/c8-6-2-1-5(4-10-11)7(9)3-6/h1-4,11H/b10-4+. The van der Waals surface area contributed by atoms with E-state index in [2.05, 4.69) is 21.1 Å². The van der Waals surface area contributed by atoms with E-state index < -0.39 is 0 Å². The van der Waals surface area contributed by atoms with Crippen molar-refractivity contribution in [2.24, 2.45) is 5.16 Å². The maximum atomic E-state index is 8.21. The van der Waals surface area contributed by atoms with Crippen LogP contribution in [0.2, 0.25) is 5.02 Å². The molecule has 0 aliphatic heterocycles. The van der Waals surface area contributed by atoms with Crippen LogP contribution in [-0.4, -0.2) is 11.4 Å². The summed E-state index contributed by atoms with van der Waals surface area (Å²) in [4.78, 5) is 0. The Morgan fingerprint density at radius 2 is 2.27 bits per heavy atom. The van der Waals surface area contributed by atoms with Gasteiger partial charge in [0, 0.05) is 10.0 Å². The molecule has 1 rings (SSSR count). The minimum atomic E-state index is 0.553. The Hall–Kier alpha value is -0.540. The van der Waals surface area contributed by atoms with E-state index >= 15 is 0 Å². The molecule has 0 aromatic heterocycles. The summed E-state index contributed by atoms with van der Waals surface area (Å²) in [5, 5.41) is 11.6. The Labute approximate surface area is 77.6 Å². The smallest absolute Gasteiger partial charge is 0.0748 e. The SMILES string of the molecule is O/N=C/c1ccc(Br)cc1Cl. The van der Waals surface area contributed by atoms with Crippen LogP contribution in [0.1, 0.15) is 5.56 Å². The van der Waals surface area contributed by atoms with Gasteiger partial charge >= 0.3 is 0 Å². The molecule has 0 unspecified atom stereocenters. The Morgan fingerprint density at radius 3 is 2.82 bits per heavy atom. The zero-order valence-corrected chi connectivity index (χ0v) is 7.80. The highest BCUT2D eigenvalue weighted by molar-refractivity contribution is 9.10. The number of nitrogens with zero attached hydrogens (tertiary/aromatic N) is 1. The van der Waals surface area contributed by atoms with E-state index in [0.717, 1.165) is 4.47 Å². The molecule has 0 amide bonds. The Bertz CT molecular complexity index is 288. The largest absolute Gasteiger partial charge is 0.411 e. The molecule has 1 N–H and O–H groups in total. The molecule has 0 radical (unpaired) electrons. The van der Waals surface area contributed by atoms with Gasteiger partial charge in [0.1, 0.15) is 0 Å². The molecule has 1 aromatic carbocycles. The first-order valence-electron chi connectivity index (χ1n) is 2.86. The quantitative estimate of drug-likeness (QED) is 0.452. The van der Waals surface area contributed by atoms with Gasteiger partial charge in [0.15, 0.2) is 0 Å². The van der Waals surface area contributed by atoms with E-state index in [1.54, 1.807) is 12.1 Å². The second-order valence-corrected chi connectivity index (χ2v) is 3.23. The lowest BCUT2D eigenvalue weighted by Crippen LogP contribution is -1.81. The first kappa shape index (κ1) is 8.56. The molecule has 0 saturated heterocycles. The minimum absolute atomic E-state index is 0.553. The summed E-state index contributed by atoms with van der Waals surface area (Å²) >= 11 is 9.03. The average Bonchev–Trinajstić information content (AvgIpc) is 1.95. The molecule has 1 aromatic rings. The summed E-state index contributed by atoms with van der Waals surface area (Å²) in [7, 11) is 0. The van der Waals surface area contributed by atoms with Crippen molar-refractivity contribution < 1.29 is 5.21 Å². The van der Waals surface area contributed by atoms with E-state index in [1.165, 1.54) is 6.21 Å². The van der Waals surface area contributed by atoms with Crippen LogP contribution in [-0.2, 0) is 0 Å². The molecule has 0 spiro atoms. The molecule has 58 valence electrons. The van der Waals surface area contributed by atoms with Crippen LogP contribution in [0.25, 0.3) is 0 Å². The number of benzene rings is 1. The van der Waals surface area contributed by atoms with Gasteiger partial charge in [-0.25, -0.2) is 0 Å². The second kappa shape index (κ2) is 3.74. The van der Waals surface area contributed by atoms with Gasteiger partial charge in [-0.2, -0.15) is 0 Å². The molecule has 0 aliphatic carbocycles. The highest BCUT2D eigenvalue weighted by atomic mass is 79.9. The zero-order chi connectivity index (χ0) is 8.27. The Morgan fingerprint density at radius 1 is 1.55 bits per heavy atom. The van der Waals surface area contributed by atoms with Crippen LogP contribution in [0.15, 0.2) is 27.8 Å². The fourth-order valence-corrected chi connectivity index (χ4v) is 1.39. The summed E-state index contributed by atoms with van der Waals surface area (Å²) < 4.78 is 0.901. The normalized spacial score (nSPS) is 10.7. The van der Waals surface area contributed by atoms with Gasteiger partial charge in [-0.15, -0.1) is 0 Å². The maximum Gasteiger partial charge on any atom is 0.0748 e. The summed E-state index contributed by atoms with van der Waals surface area (Å²) in [6.45, 7) is 0. The number of hydrogen-bond acceptors (Lipinski definition) is 2. The highest BCUT2D eigenvalue weighted by Crippen LogP contribution is 2.19. The molecular weight excluding hydrogens is 229 g/mol. The van der Waals surface area contributed by atoms with Crippen LogP contribution >= 0.6 is 27.5 Å². The molecule has 0 bridgehead atoms. The van der Waals surface area contributed by atoms with Crippen molar-refractivity contribution in [3.63, 3.8) is 0 Å². The summed E-state index contributed by atoms with van der Waals surface area (Å²) in [5.74, 6) is 0. The average molecular weight is 234 g/mol. The van der Waals surface area contributed by atoms with Gasteiger partial charge in [0.2, 0.25) is 0 Å². The van der Waals surface area contributed by atoms with Gasteiger partial charge in [-0.3, -0.25) is 0 Å². The van der Waals surface area contributed by atoms with Crippen molar-refractivity contribution in [1.29, 1.82) is 0 Å². The predicted octanol–water partition coefficient (Wildman–Crippen LogP) is 2.91. The highest BCUT2D eigenvalue weighted by Gasteiger charge is 1.96. The molecule has 2 nitrogen and oxygen atoms in total. The topological polar surface area (TPSA) is 32.6 Å². The summed E-state index contributed by atoms with van der Waals surface area (Å²) in [6.07, 6.45) is 1.29. The lowest BCUT2D eigenvalue weighted by molar-refractivity contribution is 0.322. The van der Waals surface area contributed by atoms with Crippen molar-refractivity contribution in [1.82, 2.24) is 0 Å². The third-order valence-electron chi connectivity index (χ3n) is 1.16. The number of oxime groups is 1. The van der Waals surface area contributed by atoms with E-state index in [9.17, 15) is 0 Å². The molecule has 0 saturated carbocycles. The lowest BCUT2D eigenvalue weighted by Gasteiger charge is -1.95. The molecular formula is C7H5BrClNO. The van der Waals surface area contributed by atoms with E-state index in [0.29, 0.717) is 10.6 Å². The third-order valence-corrected chi connectivity index (χ3v) is 1.98. The molecule has 0 fully saturated rings. The van der Waals surface area contributed by atoms with Gasteiger partial charge in [-0.05, 0) is 12.1 Å². The van der Waals surface area contributed by atoms with Crippen LogP contribution in [0.3, 0.4) is 0 Å². The predicted molar refractivity (Wildman–Crippen MR) is 48.5 cm³/mol. The first-order valence-corrected chi connectivity index (χ1v) is 4.03. The van der Waals surface area contributed by atoms with Crippen molar-refractivity contribution in [3.05, 3.63) is 33.3 Å². The summed E-state index contributed by atoms with van der Waals surface area (Å²) in [5.41, 5.74) is 0.692. The van der Waals surface area contributed by atoms with E-state index in [-0.39, 0.29) is 0 Å². The number of rotatable bonds is 1. The van der Waals surface area contributed by atoms with Crippen molar-refractivity contribution >= 4 is 33.7 Å². The maximum absolute atomic E-state index is 8.21. The van der Waals surface area contributed by atoms with Crippen LogP contribution < -0.4 is 0 Å². The monoisotopic (exact) mass is 233 g/mol. The lowest BCUT2D eigenvalue weighted by atomic mass is 10.2. The van der Waals surface area contributed by atoms with Gasteiger partial charge in [0.05, 0.1) is 11.2 Å². The van der Waals surface area contributed by atoms with Crippen LogP contribution in [0.5, 0.6) is 0 Å². The third kappa shape index (κ3) is 2.20. The fraction of sp³-hybridized carbons (Fsp3) is 0. The number of hydrogen-bond donors (Lipinski definition) is 1. The molecule has 4 heteroatoms. The van der Waals surface area contributed by atoms with Gasteiger partial charge in [-0.1, -0.05) is 38.8 Å². The van der Waals surface area contributed by atoms with Gasteiger partial charge in [0.25, 0.3) is 0 Å². The van der Waals surface area contributed by atoms with E-state index in [4.69, 9.17) is 16.8 Å². The van der Waals surface area contributed by atoms with Crippen LogP contribution in [0.4, 0.5) is 0 Å². The minimum Gasteiger partial charge on any atom is -0.411 e.